The Morgan fingerprint density at radius 1 is 1.00 bits per heavy atom. The zero-order chi connectivity index (χ0) is 9.99. The lowest BCUT2D eigenvalue weighted by Gasteiger charge is -2.45. The number of hydrogen-bond acceptors (Lipinski definition) is 0. The summed E-state index contributed by atoms with van der Waals surface area (Å²) < 4.78 is 0. The lowest BCUT2D eigenvalue weighted by Crippen LogP contribution is -2.37. The van der Waals surface area contributed by atoms with E-state index in [1.54, 1.807) is 0 Å². The van der Waals surface area contributed by atoms with Crippen LogP contribution in [0.4, 0.5) is 0 Å². The quantitative estimate of drug-likeness (QED) is 0.585. The molecular formula is C12H26. The van der Waals surface area contributed by atoms with Gasteiger partial charge >= 0.3 is 0 Å². The van der Waals surface area contributed by atoms with Crippen molar-refractivity contribution in [2.45, 2.75) is 61.3 Å². The van der Waals surface area contributed by atoms with Gasteiger partial charge in [-0.15, -0.1) is 0 Å². The van der Waals surface area contributed by atoms with Crippen LogP contribution in [0.2, 0.25) is 0 Å². The van der Waals surface area contributed by atoms with Gasteiger partial charge in [-0.2, -0.15) is 0 Å². The number of rotatable bonds is 3. The standard InChI is InChI=1S/C12H26/c1-8-9-12(7,10(2)3)11(4,5)6/h10H,8-9H2,1-7H3/t12-/m1/s1. The largest absolute Gasteiger partial charge is 0.0654 e. The molecule has 0 amide bonds. The maximum Gasteiger partial charge on any atom is -0.0254 e. The minimum absolute atomic E-state index is 0.428. The highest BCUT2D eigenvalue weighted by Gasteiger charge is 2.38. The van der Waals surface area contributed by atoms with Crippen molar-refractivity contribution in [1.29, 1.82) is 0 Å². The molecule has 0 aliphatic carbocycles. The van der Waals surface area contributed by atoms with Crippen molar-refractivity contribution in [3.63, 3.8) is 0 Å². The molecule has 0 aromatic rings. The van der Waals surface area contributed by atoms with Crippen molar-refractivity contribution in [3.8, 4) is 0 Å². The maximum atomic E-state index is 2.43. The fraction of sp³-hybridized carbons (Fsp3) is 1.00. The minimum atomic E-state index is 0.428. The summed E-state index contributed by atoms with van der Waals surface area (Å²) in [5, 5.41) is 0. The number of hydrogen-bond donors (Lipinski definition) is 0. The smallest absolute Gasteiger partial charge is 0.0254 e. The first-order chi connectivity index (χ1) is 5.25. The van der Waals surface area contributed by atoms with Gasteiger partial charge in [0, 0.05) is 0 Å². The Bertz CT molecular complexity index is 127. The topological polar surface area (TPSA) is 0 Å². The van der Waals surface area contributed by atoms with E-state index in [1.165, 1.54) is 12.8 Å². The third-order valence-electron chi connectivity index (χ3n) is 3.76. The van der Waals surface area contributed by atoms with Crippen LogP contribution in [0.3, 0.4) is 0 Å². The fourth-order valence-corrected chi connectivity index (χ4v) is 2.05. The summed E-state index contributed by atoms with van der Waals surface area (Å²) in [4.78, 5) is 0. The van der Waals surface area contributed by atoms with E-state index in [4.69, 9.17) is 0 Å². The summed E-state index contributed by atoms with van der Waals surface area (Å²) in [7, 11) is 0. The van der Waals surface area contributed by atoms with Crippen LogP contribution < -0.4 is 0 Å². The summed E-state index contributed by atoms with van der Waals surface area (Å²) in [6, 6.07) is 0. The Kier molecular flexibility index (Phi) is 3.81. The highest BCUT2D eigenvalue weighted by Crippen LogP contribution is 2.47. The van der Waals surface area contributed by atoms with Gasteiger partial charge in [0.1, 0.15) is 0 Å². The van der Waals surface area contributed by atoms with E-state index in [-0.39, 0.29) is 0 Å². The van der Waals surface area contributed by atoms with Crippen molar-refractivity contribution >= 4 is 0 Å². The van der Waals surface area contributed by atoms with Gasteiger partial charge in [-0.05, 0) is 23.2 Å². The van der Waals surface area contributed by atoms with Crippen molar-refractivity contribution in [1.82, 2.24) is 0 Å². The van der Waals surface area contributed by atoms with Crippen LogP contribution in [0.15, 0.2) is 0 Å². The Labute approximate surface area is 78.8 Å². The molecule has 0 aromatic carbocycles. The Morgan fingerprint density at radius 2 is 1.42 bits per heavy atom. The molecule has 0 saturated heterocycles. The highest BCUT2D eigenvalue weighted by atomic mass is 14.4. The molecule has 1 atom stereocenters. The van der Waals surface area contributed by atoms with Crippen molar-refractivity contribution in [2.24, 2.45) is 16.7 Å². The second-order valence-electron chi connectivity index (χ2n) is 5.57. The molecule has 0 aromatic heterocycles. The lowest BCUT2D eigenvalue weighted by molar-refractivity contribution is 0.0407. The molecule has 0 unspecified atom stereocenters. The van der Waals surface area contributed by atoms with Crippen LogP contribution in [-0.2, 0) is 0 Å². The van der Waals surface area contributed by atoms with E-state index in [9.17, 15) is 0 Å². The zero-order valence-electron chi connectivity index (χ0n) is 9.99. The lowest BCUT2D eigenvalue weighted by atomic mass is 9.60. The molecule has 0 bridgehead atoms. The van der Waals surface area contributed by atoms with Crippen LogP contribution in [0.5, 0.6) is 0 Å². The third kappa shape index (κ3) is 2.24. The summed E-state index contributed by atoms with van der Waals surface area (Å²) in [5.41, 5.74) is 0.916. The summed E-state index contributed by atoms with van der Waals surface area (Å²) >= 11 is 0. The van der Waals surface area contributed by atoms with Crippen LogP contribution in [-0.4, -0.2) is 0 Å². The average Bonchev–Trinajstić information content (AvgIpc) is 1.85. The molecule has 0 radical (unpaired) electrons. The van der Waals surface area contributed by atoms with Gasteiger partial charge in [-0.3, -0.25) is 0 Å². The Balaban J connectivity index is 4.62. The molecule has 0 aliphatic heterocycles. The van der Waals surface area contributed by atoms with Crippen LogP contribution >= 0.6 is 0 Å². The van der Waals surface area contributed by atoms with E-state index >= 15 is 0 Å². The monoisotopic (exact) mass is 170 g/mol. The van der Waals surface area contributed by atoms with Gasteiger partial charge in [-0.25, -0.2) is 0 Å². The van der Waals surface area contributed by atoms with Gasteiger partial charge in [-0.1, -0.05) is 54.9 Å². The molecule has 0 saturated carbocycles. The summed E-state index contributed by atoms with van der Waals surface area (Å²) in [6.07, 6.45) is 2.64. The van der Waals surface area contributed by atoms with E-state index in [0.717, 1.165) is 5.92 Å². The molecule has 0 aliphatic rings. The van der Waals surface area contributed by atoms with E-state index in [2.05, 4.69) is 48.5 Å². The Morgan fingerprint density at radius 3 is 1.50 bits per heavy atom. The van der Waals surface area contributed by atoms with Gasteiger partial charge in [0.15, 0.2) is 0 Å². The molecule has 0 fully saturated rings. The molecule has 12 heavy (non-hydrogen) atoms. The third-order valence-corrected chi connectivity index (χ3v) is 3.76. The molecule has 0 spiro atoms. The van der Waals surface area contributed by atoms with Crippen LogP contribution in [0.25, 0.3) is 0 Å². The van der Waals surface area contributed by atoms with Crippen LogP contribution in [0.1, 0.15) is 61.3 Å². The second kappa shape index (κ2) is 3.81. The van der Waals surface area contributed by atoms with E-state index in [1.807, 2.05) is 0 Å². The molecule has 74 valence electrons. The summed E-state index contributed by atoms with van der Waals surface area (Å²) in [5.74, 6) is 0.775. The normalized spacial score (nSPS) is 18.0. The molecular weight excluding hydrogens is 144 g/mol. The molecule has 0 rings (SSSR count). The van der Waals surface area contributed by atoms with Crippen molar-refractivity contribution in [2.75, 3.05) is 0 Å². The maximum absolute atomic E-state index is 2.43. The first-order valence-corrected chi connectivity index (χ1v) is 5.25. The van der Waals surface area contributed by atoms with Crippen molar-refractivity contribution in [3.05, 3.63) is 0 Å². The first kappa shape index (κ1) is 12.0. The minimum Gasteiger partial charge on any atom is -0.0654 e. The van der Waals surface area contributed by atoms with Crippen LogP contribution in [0, 0.1) is 16.7 Å². The van der Waals surface area contributed by atoms with E-state index in [0.29, 0.717) is 10.8 Å². The predicted molar refractivity (Wildman–Crippen MR) is 57.3 cm³/mol. The average molecular weight is 170 g/mol. The molecule has 0 heteroatoms. The fourth-order valence-electron chi connectivity index (χ4n) is 2.05. The molecule has 0 nitrogen and oxygen atoms in total. The first-order valence-electron chi connectivity index (χ1n) is 5.25. The van der Waals surface area contributed by atoms with Gasteiger partial charge < -0.3 is 0 Å². The predicted octanol–water partition coefficient (Wildman–Crippen LogP) is 4.49. The second-order valence-corrected chi connectivity index (χ2v) is 5.57. The van der Waals surface area contributed by atoms with Crippen molar-refractivity contribution < 1.29 is 0 Å². The molecule has 0 N–H and O–H groups in total. The Hall–Kier alpha value is 0. The molecule has 0 heterocycles. The van der Waals surface area contributed by atoms with Gasteiger partial charge in [0.2, 0.25) is 0 Å². The van der Waals surface area contributed by atoms with Gasteiger partial charge in [0.05, 0.1) is 0 Å². The van der Waals surface area contributed by atoms with Gasteiger partial charge in [0.25, 0.3) is 0 Å². The zero-order valence-corrected chi connectivity index (χ0v) is 9.99. The highest BCUT2D eigenvalue weighted by molar-refractivity contribution is 4.88. The van der Waals surface area contributed by atoms with E-state index < -0.39 is 0 Å². The SMILES string of the molecule is CCC[C@](C)(C(C)C)C(C)(C)C. The summed E-state index contributed by atoms with van der Waals surface area (Å²) in [6.45, 7) is 16.5.